The van der Waals surface area contributed by atoms with Gasteiger partial charge in [-0.25, -0.2) is 4.98 Å². The molecule has 5 heteroatoms. The monoisotopic (exact) mass is 379 g/mol. The molecule has 0 aliphatic rings. The van der Waals surface area contributed by atoms with Crippen molar-refractivity contribution in [3.63, 3.8) is 0 Å². The van der Waals surface area contributed by atoms with Crippen molar-refractivity contribution in [2.45, 2.75) is 6.92 Å². The molecule has 0 fully saturated rings. The van der Waals surface area contributed by atoms with Gasteiger partial charge < -0.3 is 9.73 Å². The highest BCUT2D eigenvalue weighted by Gasteiger charge is 2.13. The summed E-state index contributed by atoms with van der Waals surface area (Å²) in [5, 5.41) is 5.00. The number of carbonyl (C=O) groups is 1. The Morgan fingerprint density at radius 2 is 1.79 bits per heavy atom. The first-order valence-electron chi connectivity index (χ1n) is 9.31. The minimum absolute atomic E-state index is 0.155. The Morgan fingerprint density at radius 1 is 0.931 bits per heavy atom. The van der Waals surface area contributed by atoms with E-state index >= 15 is 0 Å². The molecule has 0 spiro atoms. The topological polar surface area (TPSA) is 68.0 Å². The third-order valence-electron chi connectivity index (χ3n) is 4.92. The first-order chi connectivity index (χ1) is 14.2. The number of aryl methyl sites for hydroxylation is 1. The number of pyridine rings is 1. The second-order valence-corrected chi connectivity index (χ2v) is 6.85. The van der Waals surface area contributed by atoms with Crippen LogP contribution in [0.4, 0.5) is 5.69 Å². The minimum atomic E-state index is -0.155. The number of hydrogen-bond acceptors (Lipinski definition) is 4. The summed E-state index contributed by atoms with van der Waals surface area (Å²) in [6.07, 6.45) is 1.68. The van der Waals surface area contributed by atoms with Crippen molar-refractivity contribution in [1.29, 1.82) is 0 Å². The lowest BCUT2D eigenvalue weighted by atomic mass is 10.00. The van der Waals surface area contributed by atoms with Gasteiger partial charge in [-0.05, 0) is 59.7 Å². The van der Waals surface area contributed by atoms with Crippen LogP contribution in [-0.2, 0) is 0 Å². The highest BCUT2D eigenvalue weighted by atomic mass is 16.3. The van der Waals surface area contributed by atoms with E-state index in [1.165, 1.54) is 0 Å². The number of carbonyl (C=O) groups excluding carboxylic acids is 1. The summed E-state index contributed by atoms with van der Waals surface area (Å²) in [5.74, 6) is 0.313. The Balaban J connectivity index is 1.48. The number of nitrogens with zero attached hydrogens (tertiary/aromatic N) is 2. The number of anilines is 1. The van der Waals surface area contributed by atoms with E-state index in [1.54, 1.807) is 12.3 Å². The Bertz CT molecular complexity index is 1340. The first kappa shape index (κ1) is 17.1. The van der Waals surface area contributed by atoms with Gasteiger partial charge in [0.2, 0.25) is 5.89 Å². The zero-order chi connectivity index (χ0) is 19.8. The van der Waals surface area contributed by atoms with E-state index in [9.17, 15) is 4.79 Å². The molecule has 0 aliphatic carbocycles. The van der Waals surface area contributed by atoms with Crippen molar-refractivity contribution in [3.05, 3.63) is 90.1 Å². The normalized spacial score (nSPS) is 11.1. The molecule has 2 aromatic heterocycles. The van der Waals surface area contributed by atoms with Crippen LogP contribution in [0.15, 0.2) is 83.4 Å². The maximum Gasteiger partial charge on any atom is 0.256 e. The minimum Gasteiger partial charge on any atom is -0.434 e. The Hall–Kier alpha value is -3.99. The zero-order valence-electron chi connectivity index (χ0n) is 15.7. The van der Waals surface area contributed by atoms with Gasteiger partial charge in [0.25, 0.3) is 5.91 Å². The predicted octanol–water partition coefficient (Wildman–Crippen LogP) is 5.60. The van der Waals surface area contributed by atoms with Gasteiger partial charge >= 0.3 is 0 Å². The molecule has 0 saturated carbocycles. The third kappa shape index (κ3) is 3.12. The van der Waals surface area contributed by atoms with E-state index in [4.69, 9.17) is 4.42 Å². The van der Waals surface area contributed by atoms with Gasteiger partial charge in [0.15, 0.2) is 11.2 Å². The maximum atomic E-state index is 13.0. The number of nitrogens with one attached hydrogen (secondary N) is 1. The van der Waals surface area contributed by atoms with E-state index < -0.39 is 0 Å². The molecule has 0 unspecified atom stereocenters. The van der Waals surface area contributed by atoms with E-state index in [-0.39, 0.29) is 5.91 Å². The molecule has 0 atom stereocenters. The number of rotatable bonds is 3. The molecule has 5 aromatic rings. The fourth-order valence-electron chi connectivity index (χ4n) is 3.47. The van der Waals surface area contributed by atoms with Crippen molar-refractivity contribution >= 4 is 33.6 Å². The molecule has 0 bridgehead atoms. The van der Waals surface area contributed by atoms with Gasteiger partial charge in [-0.15, -0.1) is 0 Å². The van der Waals surface area contributed by atoms with Crippen molar-refractivity contribution in [2.24, 2.45) is 0 Å². The van der Waals surface area contributed by atoms with E-state index in [0.29, 0.717) is 28.4 Å². The molecule has 0 radical (unpaired) electrons. The van der Waals surface area contributed by atoms with Gasteiger partial charge in [0.1, 0.15) is 0 Å². The Morgan fingerprint density at radius 3 is 2.66 bits per heavy atom. The van der Waals surface area contributed by atoms with Crippen molar-refractivity contribution < 1.29 is 9.21 Å². The van der Waals surface area contributed by atoms with Crippen LogP contribution in [0.25, 0.3) is 33.5 Å². The lowest BCUT2D eigenvalue weighted by Gasteiger charge is -2.10. The van der Waals surface area contributed by atoms with Crippen molar-refractivity contribution in [3.8, 4) is 11.5 Å². The first-order valence-corrected chi connectivity index (χ1v) is 9.31. The van der Waals surface area contributed by atoms with E-state index in [0.717, 1.165) is 21.9 Å². The highest BCUT2D eigenvalue weighted by molar-refractivity contribution is 6.13. The molecular weight excluding hydrogens is 362 g/mol. The van der Waals surface area contributed by atoms with Crippen LogP contribution in [0.1, 0.15) is 15.9 Å². The Kier molecular flexibility index (Phi) is 4.06. The average Bonchev–Trinajstić information content (AvgIpc) is 3.19. The molecule has 140 valence electrons. The molecule has 1 N–H and O–H groups in total. The Labute approximate surface area is 167 Å². The van der Waals surface area contributed by atoms with Crippen LogP contribution in [0, 0.1) is 6.92 Å². The third-order valence-corrected chi connectivity index (χ3v) is 4.92. The van der Waals surface area contributed by atoms with Crippen LogP contribution >= 0.6 is 0 Å². The van der Waals surface area contributed by atoms with Crippen LogP contribution in [0.3, 0.4) is 0 Å². The number of oxazole rings is 1. The average molecular weight is 379 g/mol. The highest BCUT2D eigenvalue weighted by Crippen LogP contribution is 2.27. The molecule has 3 aromatic carbocycles. The van der Waals surface area contributed by atoms with Crippen LogP contribution in [0.5, 0.6) is 0 Å². The number of benzene rings is 3. The zero-order valence-corrected chi connectivity index (χ0v) is 15.7. The number of amides is 1. The molecule has 2 heterocycles. The van der Waals surface area contributed by atoms with Gasteiger partial charge in [-0.3, -0.25) is 4.79 Å². The van der Waals surface area contributed by atoms with Crippen molar-refractivity contribution in [1.82, 2.24) is 9.97 Å². The molecule has 1 amide bonds. The lowest BCUT2D eigenvalue weighted by Crippen LogP contribution is -2.12. The molecule has 0 saturated heterocycles. The van der Waals surface area contributed by atoms with Crippen LogP contribution in [-0.4, -0.2) is 15.9 Å². The predicted molar refractivity (Wildman–Crippen MR) is 114 cm³/mol. The standard InChI is InChI=1S/C24H17N3O2/c1-15-11-12-20(19-9-3-2-8-18(15)19)23(28)26-17-7-4-6-16(14-17)24-27-22-21(29-24)10-5-13-25-22/h2-14H,1H3,(H,26,28). The summed E-state index contributed by atoms with van der Waals surface area (Å²) < 4.78 is 5.78. The van der Waals surface area contributed by atoms with E-state index in [2.05, 4.69) is 15.3 Å². The number of fused-ring (bicyclic) bond motifs is 2. The molecule has 0 aliphatic heterocycles. The molecule has 5 rings (SSSR count). The maximum absolute atomic E-state index is 13.0. The summed E-state index contributed by atoms with van der Waals surface area (Å²) in [6.45, 7) is 2.04. The lowest BCUT2D eigenvalue weighted by molar-refractivity contribution is 0.102. The van der Waals surface area contributed by atoms with Gasteiger partial charge in [-0.1, -0.05) is 36.4 Å². The summed E-state index contributed by atoms with van der Waals surface area (Å²) in [7, 11) is 0. The fourth-order valence-corrected chi connectivity index (χ4v) is 3.47. The molecular formula is C24H17N3O2. The van der Waals surface area contributed by atoms with Gasteiger partial charge in [-0.2, -0.15) is 4.98 Å². The molecule has 29 heavy (non-hydrogen) atoms. The summed E-state index contributed by atoms with van der Waals surface area (Å²) >= 11 is 0. The number of hydrogen-bond donors (Lipinski definition) is 1. The fraction of sp³-hybridized carbons (Fsp3) is 0.0417. The van der Waals surface area contributed by atoms with E-state index in [1.807, 2.05) is 73.7 Å². The van der Waals surface area contributed by atoms with Gasteiger partial charge in [0, 0.05) is 23.0 Å². The summed E-state index contributed by atoms with van der Waals surface area (Å²) in [4.78, 5) is 21.6. The van der Waals surface area contributed by atoms with Crippen molar-refractivity contribution in [2.75, 3.05) is 5.32 Å². The van der Waals surface area contributed by atoms with Crippen LogP contribution in [0.2, 0.25) is 0 Å². The van der Waals surface area contributed by atoms with Gasteiger partial charge in [0.05, 0.1) is 0 Å². The second-order valence-electron chi connectivity index (χ2n) is 6.85. The smallest absolute Gasteiger partial charge is 0.256 e. The summed E-state index contributed by atoms with van der Waals surface area (Å²) in [5.41, 5.74) is 4.42. The SMILES string of the molecule is Cc1ccc(C(=O)Nc2cccc(-c3nc4ncccc4o3)c2)c2ccccc12. The quantitative estimate of drug-likeness (QED) is 0.443. The van der Waals surface area contributed by atoms with Crippen LogP contribution < -0.4 is 5.32 Å². The largest absolute Gasteiger partial charge is 0.434 e. The number of aromatic nitrogens is 2. The molecule has 5 nitrogen and oxygen atoms in total. The summed E-state index contributed by atoms with van der Waals surface area (Å²) in [6, 6.07) is 22.8. The second kappa shape index (κ2) is 6.87.